The molecule has 0 saturated carbocycles. The highest BCUT2D eigenvalue weighted by Gasteiger charge is 2.41. The molecular formula is C29H32F4O5. The molecule has 0 saturated heterocycles. The van der Waals surface area contributed by atoms with E-state index >= 15 is 0 Å². The Morgan fingerprint density at radius 1 is 0.737 bits per heavy atom. The van der Waals surface area contributed by atoms with Gasteiger partial charge in [-0.3, -0.25) is 0 Å². The Balaban J connectivity index is 1.85. The Bertz CT molecular complexity index is 1060. The van der Waals surface area contributed by atoms with Crippen molar-refractivity contribution < 1.29 is 41.4 Å². The number of unbranched alkanes of at least 4 members (excludes halogenated alkanes) is 4. The summed E-state index contributed by atoms with van der Waals surface area (Å²) < 4.78 is 72.8. The second-order valence-corrected chi connectivity index (χ2v) is 8.56. The first kappa shape index (κ1) is 30.6. The van der Waals surface area contributed by atoms with Gasteiger partial charge in [-0.05, 0) is 86.8 Å². The second kappa shape index (κ2) is 15.6. The van der Waals surface area contributed by atoms with Gasteiger partial charge in [0, 0.05) is 12.2 Å². The fraction of sp³-hybridized carbons (Fsp3) is 0.379. The first-order valence-electron chi connectivity index (χ1n) is 12.4. The van der Waals surface area contributed by atoms with Crippen molar-refractivity contribution in [1.29, 1.82) is 0 Å². The second-order valence-electron chi connectivity index (χ2n) is 8.56. The standard InChI is InChI=1S/C29H32F4O5/c1-3-26(34)36-17-9-5-7-11-21-13-15-23(16-14-21)38-29(32,33)28-24(30)19-22(20-25(28)31)12-8-6-10-18-37-27(35)4-2/h3-4,13-16,19-20H,1-2,5-12,17-18H2. The van der Waals surface area contributed by atoms with E-state index in [2.05, 4.69) is 17.9 Å². The SMILES string of the molecule is C=CC(=O)OCCCCCc1ccc(OC(F)(F)c2c(F)cc(CCCCCOC(=O)C=C)cc2F)cc1. The summed E-state index contributed by atoms with van der Waals surface area (Å²) in [4.78, 5) is 21.9. The van der Waals surface area contributed by atoms with Crippen LogP contribution in [0.15, 0.2) is 61.7 Å². The Morgan fingerprint density at radius 3 is 1.68 bits per heavy atom. The predicted octanol–water partition coefficient (Wildman–Crippen LogP) is 6.98. The van der Waals surface area contributed by atoms with Crippen molar-refractivity contribution in [2.24, 2.45) is 0 Å². The molecule has 0 aromatic heterocycles. The number of rotatable bonds is 17. The predicted molar refractivity (Wildman–Crippen MR) is 135 cm³/mol. The number of esters is 2. The van der Waals surface area contributed by atoms with Crippen LogP contribution in [0.1, 0.15) is 55.2 Å². The van der Waals surface area contributed by atoms with Crippen LogP contribution >= 0.6 is 0 Å². The van der Waals surface area contributed by atoms with E-state index in [1.165, 1.54) is 12.1 Å². The number of halogens is 4. The highest BCUT2D eigenvalue weighted by atomic mass is 19.3. The quantitative estimate of drug-likeness (QED) is 0.0945. The van der Waals surface area contributed by atoms with Gasteiger partial charge < -0.3 is 14.2 Å². The van der Waals surface area contributed by atoms with Crippen molar-refractivity contribution >= 4 is 11.9 Å². The monoisotopic (exact) mass is 536 g/mol. The zero-order valence-electron chi connectivity index (χ0n) is 21.2. The normalized spacial score (nSPS) is 11.1. The molecule has 5 nitrogen and oxygen atoms in total. The van der Waals surface area contributed by atoms with Gasteiger partial charge in [0.15, 0.2) is 0 Å². The van der Waals surface area contributed by atoms with Gasteiger partial charge in [0.1, 0.15) is 22.9 Å². The van der Waals surface area contributed by atoms with E-state index in [4.69, 9.17) is 9.47 Å². The number of ether oxygens (including phenoxy) is 3. The Labute approximate surface area is 220 Å². The molecule has 0 unspecified atom stereocenters. The lowest BCUT2D eigenvalue weighted by atomic mass is 10.0. The molecule has 2 rings (SSSR count). The molecule has 0 aliphatic rings. The average Bonchev–Trinajstić information content (AvgIpc) is 2.87. The number of benzene rings is 2. The van der Waals surface area contributed by atoms with Gasteiger partial charge in [-0.25, -0.2) is 18.4 Å². The van der Waals surface area contributed by atoms with Crippen LogP contribution < -0.4 is 4.74 Å². The van der Waals surface area contributed by atoms with Crippen molar-refractivity contribution in [2.75, 3.05) is 13.2 Å². The third-order valence-corrected chi connectivity index (χ3v) is 5.60. The van der Waals surface area contributed by atoms with E-state index in [0.29, 0.717) is 38.7 Å². The molecule has 0 N–H and O–H groups in total. The van der Waals surface area contributed by atoms with Gasteiger partial charge in [0.25, 0.3) is 0 Å². The third kappa shape index (κ3) is 10.4. The van der Waals surface area contributed by atoms with Gasteiger partial charge >= 0.3 is 18.0 Å². The summed E-state index contributed by atoms with van der Waals surface area (Å²) in [6.45, 7) is 7.10. The number of carbonyl (C=O) groups excluding carboxylic acids is 2. The van der Waals surface area contributed by atoms with E-state index < -0.39 is 35.2 Å². The van der Waals surface area contributed by atoms with Gasteiger partial charge in [-0.1, -0.05) is 25.3 Å². The molecular weight excluding hydrogens is 504 g/mol. The van der Waals surface area contributed by atoms with Crippen LogP contribution in [0.2, 0.25) is 0 Å². The first-order valence-corrected chi connectivity index (χ1v) is 12.4. The van der Waals surface area contributed by atoms with Crippen LogP contribution in [0.5, 0.6) is 5.75 Å². The summed E-state index contributed by atoms with van der Waals surface area (Å²) in [7, 11) is 0. The number of hydrogen-bond acceptors (Lipinski definition) is 5. The van der Waals surface area contributed by atoms with E-state index in [9.17, 15) is 27.2 Å². The molecule has 206 valence electrons. The molecule has 0 bridgehead atoms. The molecule has 0 heterocycles. The van der Waals surface area contributed by atoms with Crippen molar-refractivity contribution in [1.82, 2.24) is 0 Å². The summed E-state index contributed by atoms with van der Waals surface area (Å²) in [6.07, 6.45) is 2.90. The van der Waals surface area contributed by atoms with Crippen LogP contribution in [0.3, 0.4) is 0 Å². The molecule has 0 atom stereocenters. The molecule has 9 heteroatoms. The number of alkyl halides is 2. The fourth-order valence-electron chi connectivity index (χ4n) is 3.65. The van der Waals surface area contributed by atoms with E-state index in [1.54, 1.807) is 12.1 Å². The topological polar surface area (TPSA) is 61.8 Å². The lowest BCUT2D eigenvalue weighted by molar-refractivity contribution is -0.189. The van der Waals surface area contributed by atoms with E-state index in [1.807, 2.05) is 0 Å². The first-order chi connectivity index (χ1) is 18.2. The van der Waals surface area contributed by atoms with Crippen molar-refractivity contribution in [3.8, 4) is 5.75 Å². The molecule has 2 aromatic carbocycles. The van der Waals surface area contributed by atoms with Gasteiger partial charge in [-0.15, -0.1) is 0 Å². The van der Waals surface area contributed by atoms with Crippen LogP contribution in [0, 0.1) is 11.6 Å². The molecule has 0 amide bonds. The summed E-state index contributed by atoms with van der Waals surface area (Å²) in [6, 6.07) is 7.63. The maximum Gasteiger partial charge on any atom is 0.432 e. The van der Waals surface area contributed by atoms with Crippen molar-refractivity contribution in [3.63, 3.8) is 0 Å². The van der Waals surface area contributed by atoms with Crippen LogP contribution in [-0.4, -0.2) is 25.2 Å². The zero-order valence-corrected chi connectivity index (χ0v) is 21.2. The maximum absolute atomic E-state index is 14.7. The number of hydrogen-bond donors (Lipinski definition) is 0. The molecule has 2 aromatic rings. The molecule has 0 fully saturated rings. The summed E-state index contributed by atoms with van der Waals surface area (Å²) in [5, 5.41) is 0. The Kier molecular flexibility index (Phi) is 12.6. The van der Waals surface area contributed by atoms with Crippen LogP contribution in [0.4, 0.5) is 17.6 Å². The van der Waals surface area contributed by atoms with Gasteiger partial charge in [0.2, 0.25) is 0 Å². The summed E-state index contributed by atoms with van der Waals surface area (Å²) in [5.41, 5.74) is -0.325. The van der Waals surface area contributed by atoms with Crippen molar-refractivity contribution in [2.45, 2.75) is 57.5 Å². The minimum absolute atomic E-state index is 0.200. The fourth-order valence-corrected chi connectivity index (χ4v) is 3.65. The van der Waals surface area contributed by atoms with E-state index in [-0.39, 0.29) is 24.3 Å². The summed E-state index contributed by atoms with van der Waals surface area (Å²) >= 11 is 0. The maximum atomic E-state index is 14.7. The molecule has 0 aliphatic heterocycles. The van der Waals surface area contributed by atoms with Crippen molar-refractivity contribution in [3.05, 3.63) is 90.0 Å². The molecule has 0 spiro atoms. The van der Waals surface area contributed by atoms with E-state index in [0.717, 1.165) is 42.7 Å². The highest BCUT2D eigenvalue weighted by molar-refractivity contribution is 5.81. The van der Waals surface area contributed by atoms with Gasteiger partial charge in [0.05, 0.1) is 13.2 Å². The largest absolute Gasteiger partial charge is 0.463 e. The number of aryl methyl sites for hydroxylation is 2. The Hall–Kier alpha value is -3.62. The molecule has 0 aliphatic carbocycles. The molecule has 38 heavy (non-hydrogen) atoms. The third-order valence-electron chi connectivity index (χ3n) is 5.60. The minimum Gasteiger partial charge on any atom is -0.463 e. The lowest BCUT2D eigenvalue weighted by Crippen LogP contribution is -2.25. The van der Waals surface area contributed by atoms with Crippen LogP contribution in [0.25, 0.3) is 0 Å². The average molecular weight is 537 g/mol. The number of carbonyl (C=O) groups is 2. The molecule has 0 radical (unpaired) electrons. The van der Waals surface area contributed by atoms with Gasteiger partial charge in [-0.2, -0.15) is 8.78 Å². The minimum atomic E-state index is -4.22. The Morgan fingerprint density at radius 2 is 1.21 bits per heavy atom. The zero-order chi connectivity index (χ0) is 28.0. The smallest absolute Gasteiger partial charge is 0.432 e. The lowest BCUT2D eigenvalue weighted by Gasteiger charge is -2.20. The highest BCUT2D eigenvalue weighted by Crippen LogP contribution is 2.35. The van der Waals surface area contributed by atoms with Crippen LogP contribution in [-0.2, 0) is 38.0 Å². The summed E-state index contributed by atoms with van der Waals surface area (Å²) in [5.74, 6) is -4.00.